The van der Waals surface area contributed by atoms with Crippen molar-refractivity contribution in [3.63, 3.8) is 0 Å². The largest absolute Gasteiger partial charge is 0.394 e. The van der Waals surface area contributed by atoms with Gasteiger partial charge in [-0.05, 0) is 67.0 Å². The normalized spacial score (nSPS) is 15.4. The summed E-state index contributed by atoms with van der Waals surface area (Å²) in [6, 6.07) is 22.0. The van der Waals surface area contributed by atoms with E-state index >= 15 is 0 Å². The van der Waals surface area contributed by atoms with E-state index in [1.807, 2.05) is 87.7 Å². The maximum atomic E-state index is 14.0. The Labute approximate surface area is 285 Å². The first-order chi connectivity index (χ1) is 22.5. The van der Waals surface area contributed by atoms with E-state index < -0.39 is 17.0 Å². The van der Waals surface area contributed by atoms with Gasteiger partial charge in [0.25, 0.3) is 5.91 Å². The fraction of sp³-hybridized carbons (Fsp3) is 0.400. The molecule has 1 aliphatic heterocycles. The lowest BCUT2D eigenvalue weighted by Gasteiger charge is -2.29. The summed E-state index contributed by atoms with van der Waals surface area (Å²) in [5.74, 6) is -0.474. The van der Waals surface area contributed by atoms with Crippen molar-refractivity contribution in [1.82, 2.24) is 26.2 Å². The quantitative estimate of drug-likeness (QED) is 0.140. The lowest BCUT2D eigenvalue weighted by atomic mass is 9.98. The number of benzene rings is 3. The molecule has 0 saturated carbocycles. The van der Waals surface area contributed by atoms with Crippen molar-refractivity contribution in [2.24, 2.45) is 0 Å². The second-order valence-electron chi connectivity index (χ2n) is 12.1. The Morgan fingerprint density at radius 3 is 2.53 bits per heavy atom. The summed E-state index contributed by atoms with van der Waals surface area (Å²) in [7, 11) is 0. The molecule has 4 rings (SSSR count). The number of β-amino-alcohol motifs (C(OH)–C–C–N with tert-alkyl or cyclic N) is 1. The average Bonchev–Trinajstić information content (AvgIpc) is 3.18. The van der Waals surface area contributed by atoms with Crippen LogP contribution < -0.4 is 21.3 Å². The minimum Gasteiger partial charge on any atom is -0.394 e. The van der Waals surface area contributed by atoms with Gasteiger partial charge in [0.1, 0.15) is 0 Å². The van der Waals surface area contributed by atoms with Crippen LogP contribution in [0.4, 0.5) is 4.79 Å². The molecule has 4 amide bonds. The zero-order valence-corrected chi connectivity index (χ0v) is 29.0. The molecule has 0 saturated heterocycles. The van der Waals surface area contributed by atoms with E-state index in [1.165, 1.54) is 11.8 Å². The maximum Gasteiger partial charge on any atom is 0.315 e. The number of aliphatic hydroxyl groups excluding tert-OH is 2. The molecule has 0 radical (unpaired) electrons. The van der Waals surface area contributed by atoms with Crippen molar-refractivity contribution >= 4 is 41.4 Å². The maximum absolute atomic E-state index is 14.0. The number of urea groups is 1. The first-order valence-electron chi connectivity index (χ1n) is 15.7. The smallest absolute Gasteiger partial charge is 0.315 e. The third kappa shape index (κ3) is 10.5. The van der Waals surface area contributed by atoms with Gasteiger partial charge < -0.3 is 36.4 Å². The van der Waals surface area contributed by atoms with Crippen molar-refractivity contribution in [1.29, 1.82) is 0 Å². The van der Waals surface area contributed by atoms with Gasteiger partial charge >= 0.3 is 6.03 Å². The lowest BCUT2D eigenvalue weighted by molar-refractivity contribution is -0.135. The molecule has 10 nitrogen and oxygen atoms in total. The average molecular weight is 680 g/mol. The summed E-state index contributed by atoms with van der Waals surface area (Å²) in [6.45, 7) is 7.04. The molecule has 3 aromatic rings. The highest BCUT2D eigenvalue weighted by atomic mass is 32.2. The number of amides is 4. The van der Waals surface area contributed by atoms with E-state index in [4.69, 9.17) is 5.11 Å². The van der Waals surface area contributed by atoms with Crippen molar-refractivity contribution in [2.75, 3.05) is 26.0 Å². The number of carbonyl (C=O) groups is 3. The Kier molecular flexibility index (Phi) is 13.1. The zero-order chi connectivity index (χ0) is 34.0. The second kappa shape index (κ2) is 17.0. The lowest BCUT2D eigenvalue weighted by Crippen LogP contribution is -2.50. The van der Waals surface area contributed by atoms with Gasteiger partial charge in [0.15, 0.2) is 5.37 Å². The van der Waals surface area contributed by atoms with Crippen LogP contribution in [-0.2, 0) is 29.2 Å². The molecule has 0 aliphatic carbocycles. The van der Waals surface area contributed by atoms with Crippen molar-refractivity contribution in [3.8, 4) is 11.1 Å². The summed E-state index contributed by atoms with van der Waals surface area (Å²) in [5, 5.41) is 29.8. The van der Waals surface area contributed by atoms with Crippen LogP contribution in [0.1, 0.15) is 43.9 Å². The molecule has 252 valence electrons. The van der Waals surface area contributed by atoms with Gasteiger partial charge in [-0.1, -0.05) is 66.4 Å². The van der Waals surface area contributed by atoms with Crippen LogP contribution in [0.3, 0.4) is 0 Å². The number of hydrogen-bond acceptors (Lipinski definition) is 8. The van der Waals surface area contributed by atoms with Gasteiger partial charge in [-0.25, -0.2) is 4.79 Å². The van der Waals surface area contributed by atoms with Gasteiger partial charge in [0.2, 0.25) is 5.91 Å². The first-order valence-corrected chi connectivity index (χ1v) is 17.8. The summed E-state index contributed by atoms with van der Waals surface area (Å²) in [4.78, 5) is 43.0. The summed E-state index contributed by atoms with van der Waals surface area (Å²) < 4.78 is 0. The number of nitrogens with one attached hydrogen (secondary N) is 4. The number of carbonyl (C=O) groups excluding carboxylic acids is 3. The second-order valence-corrected chi connectivity index (χ2v) is 14.1. The molecule has 47 heavy (non-hydrogen) atoms. The molecular formula is C35H45N5O5S2. The molecule has 2 atom stereocenters. The van der Waals surface area contributed by atoms with Gasteiger partial charge in [0.05, 0.1) is 12.7 Å². The minimum atomic E-state index is -0.924. The Morgan fingerprint density at radius 2 is 1.83 bits per heavy atom. The fourth-order valence-electron chi connectivity index (χ4n) is 5.24. The summed E-state index contributed by atoms with van der Waals surface area (Å²) in [6.07, 6.45) is 1.16. The summed E-state index contributed by atoms with van der Waals surface area (Å²) in [5.41, 5.74) is 4.31. The zero-order valence-electron chi connectivity index (χ0n) is 27.3. The molecule has 12 heteroatoms. The molecular weight excluding hydrogens is 635 g/mol. The number of aliphatic hydroxyl groups is 2. The summed E-state index contributed by atoms with van der Waals surface area (Å²) >= 11 is 2.98. The molecule has 1 aliphatic rings. The molecule has 3 aromatic carbocycles. The van der Waals surface area contributed by atoms with Gasteiger partial charge in [-0.15, -0.1) is 11.8 Å². The van der Waals surface area contributed by atoms with E-state index in [1.54, 1.807) is 16.7 Å². The van der Waals surface area contributed by atoms with E-state index in [2.05, 4.69) is 27.3 Å². The number of thioether (sulfide) groups is 2. The molecule has 0 aromatic heterocycles. The minimum absolute atomic E-state index is 0.0783. The van der Waals surface area contributed by atoms with Crippen LogP contribution in [0, 0.1) is 0 Å². The van der Waals surface area contributed by atoms with Crippen LogP contribution >= 0.6 is 23.5 Å². The SMILES string of the molecule is CCNC(=O)NCc1ccccc1-c1ccc(CN2Cc3ccc(SC)cc3S[C@@H](NC(=O)CC(C)(C)NC[C@H](O)CO)C2=O)cc1. The first kappa shape index (κ1) is 36.3. The Bertz CT molecular complexity index is 1530. The fourth-order valence-corrected chi connectivity index (χ4v) is 6.93. The number of rotatable bonds is 14. The van der Waals surface area contributed by atoms with Crippen molar-refractivity contribution in [2.45, 2.75) is 73.6 Å². The number of hydrogen-bond donors (Lipinski definition) is 6. The predicted molar refractivity (Wildman–Crippen MR) is 188 cm³/mol. The van der Waals surface area contributed by atoms with Gasteiger partial charge in [-0.3, -0.25) is 9.59 Å². The highest BCUT2D eigenvalue weighted by Gasteiger charge is 2.33. The van der Waals surface area contributed by atoms with Crippen LogP contribution in [0.2, 0.25) is 0 Å². The third-order valence-electron chi connectivity index (χ3n) is 7.77. The van der Waals surface area contributed by atoms with Crippen LogP contribution in [0.15, 0.2) is 76.5 Å². The highest BCUT2D eigenvalue weighted by Crippen LogP contribution is 2.35. The van der Waals surface area contributed by atoms with Crippen molar-refractivity contribution in [3.05, 3.63) is 83.4 Å². The molecule has 1 heterocycles. The predicted octanol–water partition coefficient (Wildman–Crippen LogP) is 4.08. The molecule has 6 N–H and O–H groups in total. The monoisotopic (exact) mass is 679 g/mol. The van der Waals surface area contributed by atoms with E-state index in [0.29, 0.717) is 26.2 Å². The van der Waals surface area contributed by atoms with Gasteiger partial charge in [-0.2, -0.15) is 0 Å². The van der Waals surface area contributed by atoms with Gasteiger partial charge in [0, 0.05) is 54.5 Å². The van der Waals surface area contributed by atoms with E-state index in [-0.39, 0.29) is 37.4 Å². The Morgan fingerprint density at radius 1 is 1.09 bits per heavy atom. The Hall–Kier alpha value is -3.55. The van der Waals surface area contributed by atoms with Crippen LogP contribution in [-0.4, -0.2) is 75.9 Å². The third-order valence-corrected chi connectivity index (χ3v) is 9.68. The number of nitrogens with zero attached hydrogens (tertiary/aromatic N) is 1. The molecule has 0 unspecified atom stereocenters. The van der Waals surface area contributed by atoms with Crippen LogP contribution in [0.25, 0.3) is 11.1 Å². The standard InChI is InChI=1S/C35H45N5O5S2/c1-5-36-34(45)37-18-25-8-6-7-9-29(25)24-12-10-23(11-13-24)20-40-21-26-14-15-28(46-4)16-30(26)47-32(33(40)44)39-31(43)17-35(2,3)38-19-27(42)22-41/h6-16,27,32,38,41-42H,5,17-22H2,1-4H3,(H,39,43)(H2,36,37,45)/t27-,32+/m0/s1. The van der Waals surface area contributed by atoms with Crippen LogP contribution in [0.5, 0.6) is 0 Å². The molecule has 0 spiro atoms. The Balaban J connectivity index is 1.51. The topological polar surface area (TPSA) is 143 Å². The van der Waals surface area contributed by atoms with Crippen molar-refractivity contribution < 1.29 is 24.6 Å². The number of fused-ring (bicyclic) bond motifs is 1. The molecule has 0 fully saturated rings. The van der Waals surface area contributed by atoms with E-state index in [9.17, 15) is 19.5 Å². The highest BCUT2D eigenvalue weighted by molar-refractivity contribution is 8.01. The van der Waals surface area contributed by atoms with E-state index in [0.717, 1.165) is 37.6 Å². The molecule has 0 bridgehead atoms.